The molecule has 1 aliphatic carbocycles. The minimum absolute atomic E-state index is 0.137. The molecule has 2 rings (SSSR count). The number of aliphatic imine (C=N–C) groups is 1. The normalized spacial score (nSPS) is 16.6. The summed E-state index contributed by atoms with van der Waals surface area (Å²) >= 11 is 6.12. The summed E-state index contributed by atoms with van der Waals surface area (Å²) in [4.78, 5) is 4.25. The molecule has 1 aliphatic rings. The lowest BCUT2D eigenvalue weighted by atomic mass is 9.96. The van der Waals surface area contributed by atoms with Crippen LogP contribution in [0.3, 0.4) is 0 Å². The highest BCUT2D eigenvalue weighted by Gasteiger charge is 2.44. The van der Waals surface area contributed by atoms with Crippen molar-refractivity contribution in [2.24, 2.45) is 4.99 Å². The van der Waals surface area contributed by atoms with Crippen LogP contribution < -0.4 is 10.6 Å². The summed E-state index contributed by atoms with van der Waals surface area (Å²) in [5.74, 6) is 0.737. The fourth-order valence-electron chi connectivity index (χ4n) is 3.03. The van der Waals surface area contributed by atoms with Crippen LogP contribution in [0, 0.1) is 0 Å². The third-order valence-corrected chi connectivity index (χ3v) is 6.42. The van der Waals surface area contributed by atoms with E-state index in [-0.39, 0.29) is 5.41 Å². The molecule has 0 aromatic heterocycles. The van der Waals surface area contributed by atoms with Crippen molar-refractivity contribution in [1.29, 1.82) is 0 Å². The molecule has 0 atom stereocenters. The van der Waals surface area contributed by atoms with Gasteiger partial charge in [0.05, 0.1) is 6.26 Å². The number of nitrogens with zero attached hydrogens (tertiary/aromatic N) is 2. The van der Waals surface area contributed by atoms with Crippen LogP contribution in [0.25, 0.3) is 0 Å². The maximum absolute atomic E-state index is 11.6. The smallest absolute Gasteiger partial charge is 0.211 e. The first kappa shape index (κ1) is 21.0. The molecule has 0 amide bonds. The number of sulfonamides is 1. The molecule has 146 valence electrons. The van der Waals surface area contributed by atoms with Gasteiger partial charge in [0.1, 0.15) is 0 Å². The van der Waals surface area contributed by atoms with Gasteiger partial charge in [-0.25, -0.2) is 12.7 Å². The molecule has 0 aliphatic heterocycles. The molecule has 26 heavy (non-hydrogen) atoms. The lowest BCUT2D eigenvalue weighted by Gasteiger charge is -2.20. The van der Waals surface area contributed by atoms with E-state index in [1.165, 1.54) is 16.1 Å². The van der Waals surface area contributed by atoms with Gasteiger partial charge >= 0.3 is 0 Å². The molecule has 0 unspecified atom stereocenters. The van der Waals surface area contributed by atoms with Crippen LogP contribution in [0.15, 0.2) is 29.3 Å². The van der Waals surface area contributed by atoms with Gasteiger partial charge in [-0.1, -0.05) is 30.7 Å². The van der Waals surface area contributed by atoms with Crippen LogP contribution in [-0.2, 0) is 15.4 Å². The Hall–Kier alpha value is -1.31. The van der Waals surface area contributed by atoms with Crippen molar-refractivity contribution in [2.45, 2.75) is 31.6 Å². The molecule has 0 radical (unpaired) electrons. The number of rotatable bonds is 9. The number of benzene rings is 1. The summed E-state index contributed by atoms with van der Waals surface area (Å²) in [5, 5.41) is 7.41. The first-order chi connectivity index (χ1) is 12.3. The van der Waals surface area contributed by atoms with E-state index >= 15 is 0 Å². The van der Waals surface area contributed by atoms with Crippen molar-refractivity contribution in [3.63, 3.8) is 0 Å². The molecule has 1 aromatic rings. The molecule has 1 aromatic carbocycles. The Labute approximate surface area is 162 Å². The number of halogens is 1. The molecular weight excluding hydrogens is 372 g/mol. The summed E-state index contributed by atoms with van der Waals surface area (Å²) in [6.07, 6.45) is 4.24. The third kappa shape index (κ3) is 5.86. The molecule has 0 bridgehead atoms. The van der Waals surface area contributed by atoms with Crippen LogP contribution in [0.2, 0.25) is 5.02 Å². The molecule has 1 saturated carbocycles. The van der Waals surface area contributed by atoms with Crippen LogP contribution in [-0.4, -0.2) is 58.2 Å². The molecule has 0 heterocycles. The average molecular weight is 401 g/mol. The van der Waals surface area contributed by atoms with Crippen molar-refractivity contribution in [3.8, 4) is 0 Å². The van der Waals surface area contributed by atoms with E-state index in [0.717, 1.165) is 36.8 Å². The van der Waals surface area contributed by atoms with E-state index in [1.807, 2.05) is 25.1 Å². The first-order valence-electron chi connectivity index (χ1n) is 8.96. The highest BCUT2D eigenvalue weighted by molar-refractivity contribution is 7.88. The van der Waals surface area contributed by atoms with Gasteiger partial charge in [-0.3, -0.25) is 4.99 Å². The molecular formula is C18H29ClN4O2S. The topological polar surface area (TPSA) is 73.8 Å². The number of nitrogens with one attached hydrogen (secondary N) is 2. The molecule has 2 N–H and O–H groups in total. The zero-order chi connectivity index (χ0) is 19.2. The quantitative estimate of drug-likeness (QED) is 0.378. The molecule has 0 saturated heterocycles. The monoisotopic (exact) mass is 400 g/mol. The third-order valence-electron chi connectivity index (χ3n) is 4.81. The lowest BCUT2D eigenvalue weighted by molar-refractivity contribution is 0.424. The van der Waals surface area contributed by atoms with E-state index in [0.29, 0.717) is 19.6 Å². The summed E-state index contributed by atoms with van der Waals surface area (Å²) < 4.78 is 24.6. The number of guanidine groups is 1. The molecule has 8 heteroatoms. The predicted octanol–water partition coefficient (Wildman–Crippen LogP) is 2.21. The summed E-state index contributed by atoms with van der Waals surface area (Å²) in [6.45, 7) is 4.31. The van der Waals surface area contributed by atoms with E-state index in [4.69, 9.17) is 11.6 Å². The van der Waals surface area contributed by atoms with Crippen LogP contribution in [0.5, 0.6) is 0 Å². The van der Waals surface area contributed by atoms with Gasteiger partial charge < -0.3 is 10.6 Å². The zero-order valence-corrected chi connectivity index (χ0v) is 17.3. The van der Waals surface area contributed by atoms with Crippen molar-refractivity contribution in [3.05, 3.63) is 34.9 Å². The van der Waals surface area contributed by atoms with Crippen molar-refractivity contribution < 1.29 is 8.42 Å². The Morgan fingerprint density at radius 2 is 2.08 bits per heavy atom. The Balaban J connectivity index is 1.78. The van der Waals surface area contributed by atoms with Gasteiger partial charge in [-0.2, -0.15) is 0 Å². The standard InChI is InChI=1S/C18H29ClN4O2S/c1-4-23(26(3,24)25)12-6-11-21-17(20-2)22-14-18(9-10-18)15-7-5-8-16(19)13-15/h5,7-8,13H,4,6,9-12,14H2,1-3H3,(H2,20,21,22). The van der Waals surface area contributed by atoms with E-state index < -0.39 is 10.0 Å². The predicted molar refractivity (Wildman–Crippen MR) is 108 cm³/mol. The summed E-state index contributed by atoms with van der Waals surface area (Å²) in [5.41, 5.74) is 1.40. The summed E-state index contributed by atoms with van der Waals surface area (Å²) in [7, 11) is -1.39. The number of hydrogen-bond acceptors (Lipinski definition) is 3. The second kappa shape index (κ2) is 9.06. The lowest BCUT2D eigenvalue weighted by Crippen LogP contribution is -2.42. The second-order valence-corrected chi connectivity index (χ2v) is 9.17. The van der Waals surface area contributed by atoms with Gasteiger partial charge in [-0.15, -0.1) is 0 Å². The Morgan fingerprint density at radius 1 is 1.35 bits per heavy atom. The van der Waals surface area contributed by atoms with Gasteiger partial charge in [0.25, 0.3) is 0 Å². The van der Waals surface area contributed by atoms with Gasteiger partial charge in [0.15, 0.2) is 5.96 Å². The zero-order valence-electron chi connectivity index (χ0n) is 15.8. The minimum atomic E-state index is -3.13. The molecule has 0 spiro atoms. The van der Waals surface area contributed by atoms with Crippen molar-refractivity contribution in [2.75, 3.05) is 39.5 Å². The minimum Gasteiger partial charge on any atom is -0.356 e. The molecule has 6 nitrogen and oxygen atoms in total. The van der Waals surface area contributed by atoms with Crippen molar-refractivity contribution >= 4 is 27.6 Å². The number of hydrogen-bond donors (Lipinski definition) is 2. The van der Waals surface area contributed by atoms with Gasteiger partial charge in [0.2, 0.25) is 10.0 Å². The second-order valence-electron chi connectivity index (χ2n) is 6.75. The van der Waals surface area contributed by atoms with Crippen molar-refractivity contribution in [1.82, 2.24) is 14.9 Å². The Bertz CT molecular complexity index is 732. The maximum Gasteiger partial charge on any atom is 0.211 e. The largest absolute Gasteiger partial charge is 0.356 e. The van der Waals surface area contributed by atoms with Crippen LogP contribution in [0.4, 0.5) is 0 Å². The van der Waals surface area contributed by atoms with Gasteiger partial charge in [0, 0.05) is 43.7 Å². The first-order valence-corrected chi connectivity index (χ1v) is 11.2. The SMILES string of the molecule is CCN(CCCNC(=NC)NCC1(c2cccc(Cl)c2)CC1)S(C)(=O)=O. The highest BCUT2D eigenvalue weighted by atomic mass is 35.5. The average Bonchev–Trinajstić information content (AvgIpc) is 3.37. The fourth-order valence-corrected chi connectivity index (χ4v) is 4.15. The Kier molecular flexibility index (Phi) is 7.32. The fraction of sp³-hybridized carbons (Fsp3) is 0.611. The molecule has 1 fully saturated rings. The highest BCUT2D eigenvalue weighted by Crippen LogP contribution is 2.48. The van der Waals surface area contributed by atoms with E-state index in [9.17, 15) is 8.42 Å². The summed E-state index contributed by atoms with van der Waals surface area (Å²) in [6, 6.07) is 8.05. The van der Waals surface area contributed by atoms with E-state index in [1.54, 1.807) is 7.05 Å². The maximum atomic E-state index is 11.6. The van der Waals surface area contributed by atoms with E-state index in [2.05, 4.69) is 21.7 Å². The van der Waals surface area contributed by atoms with Crippen LogP contribution >= 0.6 is 11.6 Å². The Morgan fingerprint density at radius 3 is 2.62 bits per heavy atom. The van der Waals surface area contributed by atoms with Gasteiger partial charge in [-0.05, 0) is 37.0 Å². The van der Waals surface area contributed by atoms with Crippen LogP contribution in [0.1, 0.15) is 31.7 Å².